The van der Waals surface area contributed by atoms with Crippen LogP contribution in [0.4, 0.5) is 8.78 Å². The Hall–Kier alpha value is -1.05. The van der Waals surface area contributed by atoms with Crippen molar-refractivity contribution in [1.29, 1.82) is 0 Å². The largest absolute Gasteiger partial charge is 0.392 e. The maximum absolute atomic E-state index is 13.7. The minimum absolute atomic E-state index is 0.0187. The fourth-order valence-electron chi connectivity index (χ4n) is 2.25. The maximum Gasteiger partial charge on any atom is 0.243 e. The fraction of sp³-hybridized carbons (Fsp3) is 0.538. The lowest BCUT2D eigenvalue weighted by Crippen LogP contribution is -2.28. The van der Waals surface area contributed by atoms with Crippen LogP contribution in [0, 0.1) is 17.6 Å². The lowest BCUT2D eigenvalue weighted by molar-refractivity contribution is 0.280. The molecule has 0 amide bonds. The highest BCUT2D eigenvalue weighted by Gasteiger charge is 2.40. The summed E-state index contributed by atoms with van der Waals surface area (Å²) in [5, 5.41) is 8.95. The van der Waals surface area contributed by atoms with Gasteiger partial charge < -0.3 is 5.11 Å². The number of hydrogen-bond acceptors (Lipinski definition) is 3. The molecule has 4 nitrogen and oxygen atoms in total. The standard InChI is InChI=1S/C13H17F2NO3S/c1-2-3-9-6-11(9)16-20(18,19)12-5-8(7-17)4-10(14)13(12)15/h4-5,9,11,16-17H,2-3,6-7H2,1H3. The molecule has 0 bridgehead atoms. The van der Waals surface area contributed by atoms with E-state index >= 15 is 0 Å². The molecule has 0 radical (unpaired) electrons. The molecule has 1 fully saturated rings. The monoisotopic (exact) mass is 305 g/mol. The summed E-state index contributed by atoms with van der Waals surface area (Å²) < 4.78 is 53.5. The Bertz CT molecular complexity index is 604. The van der Waals surface area contributed by atoms with Gasteiger partial charge >= 0.3 is 0 Å². The van der Waals surface area contributed by atoms with Crippen molar-refractivity contribution < 1.29 is 22.3 Å². The number of halogens is 2. The van der Waals surface area contributed by atoms with Gasteiger partial charge in [0.1, 0.15) is 4.90 Å². The lowest BCUT2D eigenvalue weighted by atomic mass is 10.2. The first-order chi connectivity index (χ1) is 9.39. The molecule has 0 aliphatic heterocycles. The van der Waals surface area contributed by atoms with Crippen LogP contribution in [-0.4, -0.2) is 19.6 Å². The lowest BCUT2D eigenvalue weighted by Gasteiger charge is -2.09. The Labute approximate surface area is 116 Å². The van der Waals surface area contributed by atoms with Gasteiger partial charge in [-0.3, -0.25) is 0 Å². The van der Waals surface area contributed by atoms with Crippen molar-refractivity contribution in [3.63, 3.8) is 0 Å². The summed E-state index contributed by atoms with van der Waals surface area (Å²) in [5.74, 6) is -2.43. The normalized spacial score (nSPS) is 22.0. The number of aliphatic hydroxyl groups is 1. The van der Waals surface area contributed by atoms with Crippen LogP contribution in [-0.2, 0) is 16.6 Å². The zero-order valence-corrected chi connectivity index (χ0v) is 11.9. The molecule has 112 valence electrons. The molecule has 0 heterocycles. The molecule has 2 atom stereocenters. The van der Waals surface area contributed by atoms with E-state index in [1.807, 2.05) is 6.92 Å². The highest BCUT2D eigenvalue weighted by Crippen LogP contribution is 2.36. The average molecular weight is 305 g/mol. The summed E-state index contributed by atoms with van der Waals surface area (Å²) in [6.45, 7) is 1.45. The van der Waals surface area contributed by atoms with Gasteiger partial charge in [0.25, 0.3) is 0 Å². The number of hydrogen-bond donors (Lipinski definition) is 2. The number of sulfonamides is 1. The van der Waals surface area contributed by atoms with E-state index in [4.69, 9.17) is 5.11 Å². The first-order valence-corrected chi connectivity index (χ1v) is 7.98. The van der Waals surface area contributed by atoms with Crippen molar-refractivity contribution in [2.45, 2.75) is 43.7 Å². The Morgan fingerprint density at radius 2 is 2.10 bits per heavy atom. The van der Waals surface area contributed by atoms with Crippen molar-refractivity contribution >= 4 is 10.0 Å². The van der Waals surface area contributed by atoms with Crippen molar-refractivity contribution in [1.82, 2.24) is 4.72 Å². The van der Waals surface area contributed by atoms with E-state index in [0.29, 0.717) is 0 Å². The third kappa shape index (κ3) is 3.16. The van der Waals surface area contributed by atoms with Gasteiger partial charge in [-0.25, -0.2) is 21.9 Å². The Morgan fingerprint density at radius 1 is 1.40 bits per heavy atom. The van der Waals surface area contributed by atoms with Crippen LogP contribution in [0.15, 0.2) is 17.0 Å². The predicted octanol–water partition coefficient (Wildman–Crippen LogP) is 1.92. The third-order valence-corrected chi connectivity index (χ3v) is 4.90. The summed E-state index contributed by atoms with van der Waals surface area (Å²) in [7, 11) is -4.11. The second kappa shape index (κ2) is 5.75. The Balaban J connectivity index is 2.24. The molecule has 7 heteroatoms. The van der Waals surface area contributed by atoms with E-state index in [1.165, 1.54) is 0 Å². The van der Waals surface area contributed by atoms with E-state index in [9.17, 15) is 17.2 Å². The molecule has 2 unspecified atom stereocenters. The van der Waals surface area contributed by atoms with E-state index in [0.717, 1.165) is 31.4 Å². The van der Waals surface area contributed by atoms with Crippen molar-refractivity contribution in [2.24, 2.45) is 5.92 Å². The molecular weight excluding hydrogens is 288 g/mol. The van der Waals surface area contributed by atoms with Crippen LogP contribution in [0.3, 0.4) is 0 Å². The number of aliphatic hydroxyl groups excluding tert-OH is 1. The fourth-order valence-corrected chi connectivity index (χ4v) is 3.70. The van der Waals surface area contributed by atoms with Crippen LogP contribution in [0.5, 0.6) is 0 Å². The Morgan fingerprint density at radius 3 is 2.70 bits per heavy atom. The Kier molecular flexibility index (Phi) is 4.41. The second-order valence-electron chi connectivity index (χ2n) is 5.06. The van der Waals surface area contributed by atoms with Crippen molar-refractivity contribution in [2.75, 3.05) is 0 Å². The third-order valence-electron chi connectivity index (χ3n) is 3.42. The quantitative estimate of drug-likeness (QED) is 0.844. The topological polar surface area (TPSA) is 66.4 Å². The van der Waals surface area contributed by atoms with Crippen LogP contribution in [0.25, 0.3) is 0 Å². The molecule has 1 aliphatic carbocycles. The van der Waals surface area contributed by atoms with Gasteiger partial charge in [0.05, 0.1) is 6.61 Å². The summed E-state index contributed by atoms with van der Waals surface area (Å²) in [6.07, 6.45) is 2.57. The van der Waals surface area contributed by atoms with Crippen LogP contribution in [0.1, 0.15) is 31.7 Å². The molecule has 0 aromatic heterocycles. The number of nitrogens with one attached hydrogen (secondary N) is 1. The van der Waals surface area contributed by atoms with Gasteiger partial charge in [0.15, 0.2) is 11.6 Å². The molecule has 2 rings (SSSR count). The highest BCUT2D eigenvalue weighted by molar-refractivity contribution is 7.89. The highest BCUT2D eigenvalue weighted by atomic mass is 32.2. The molecule has 2 N–H and O–H groups in total. The molecule has 1 aromatic carbocycles. The first-order valence-electron chi connectivity index (χ1n) is 6.50. The molecule has 1 saturated carbocycles. The predicted molar refractivity (Wildman–Crippen MR) is 69.4 cm³/mol. The first kappa shape index (κ1) is 15.3. The van der Waals surface area contributed by atoms with Gasteiger partial charge in [-0.2, -0.15) is 0 Å². The average Bonchev–Trinajstić information content (AvgIpc) is 3.09. The van der Waals surface area contributed by atoms with Crippen LogP contribution >= 0.6 is 0 Å². The van der Waals surface area contributed by atoms with Crippen molar-refractivity contribution in [3.05, 3.63) is 29.3 Å². The maximum atomic E-state index is 13.7. The van der Waals surface area contributed by atoms with Crippen LogP contribution < -0.4 is 4.72 Å². The summed E-state index contributed by atoms with van der Waals surface area (Å²) in [6, 6.07) is 1.53. The molecule has 0 spiro atoms. The molecule has 1 aliphatic rings. The summed E-state index contributed by atoms with van der Waals surface area (Å²) >= 11 is 0. The van der Waals surface area contributed by atoms with Crippen LogP contribution in [0.2, 0.25) is 0 Å². The molecule has 20 heavy (non-hydrogen) atoms. The second-order valence-corrected chi connectivity index (χ2v) is 6.74. The van der Waals surface area contributed by atoms with Gasteiger partial charge in [-0.05, 0) is 36.5 Å². The van der Waals surface area contributed by atoms with Gasteiger partial charge in [-0.1, -0.05) is 13.3 Å². The smallest absolute Gasteiger partial charge is 0.243 e. The SMILES string of the molecule is CCCC1CC1NS(=O)(=O)c1cc(CO)cc(F)c1F. The van der Waals surface area contributed by atoms with E-state index in [-0.39, 0.29) is 17.5 Å². The van der Waals surface area contributed by atoms with Crippen molar-refractivity contribution in [3.8, 4) is 0 Å². The van der Waals surface area contributed by atoms with Gasteiger partial charge in [0, 0.05) is 6.04 Å². The molecule has 0 saturated heterocycles. The summed E-state index contributed by atoms with van der Waals surface area (Å²) in [4.78, 5) is -0.747. The van der Waals surface area contributed by atoms with E-state index < -0.39 is 33.2 Å². The minimum Gasteiger partial charge on any atom is -0.392 e. The van der Waals surface area contributed by atoms with E-state index in [2.05, 4.69) is 4.72 Å². The molecule has 1 aromatic rings. The zero-order valence-electron chi connectivity index (χ0n) is 11.1. The number of benzene rings is 1. The molecular formula is C13H17F2NO3S. The zero-order chi connectivity index (χ0) is 14.9. The summed E-state index contributed by atoms with van der Waals surface area (Å²) in [5.41, 5.74) is 0.0187. The van der Waals surface area contributed by atoms with E-state index in [1.54, 1.807) is 0 Å². The number of rotatable bonds is 6. The van der Waals surface area contributed by atoms with Gasteiger partial charge in [-0.15, -0.1) is 0 Å². The van der Waals surface area contributed by atoms with Gasteiger partial charge in [0.2, 0.25) is 10.0 Å². The minimum atomic E-state index is -4.11.